The quantitative estimate of drug-likeness (QED) is 0.716. The minimum atomic E-state index is 0.0140. The largest absolute Gasteiger partial charge is 0.376 e. The Morgan fingerprint density at radius 3 is 3.12 bits per heavy atom. The molecule has 4 heterocycles. The Morgan fingerprint density at radius 1 is 1.38 bits per heavy atom. The van der Waals surface area contributed by atoms with E-state index in [1.807, 2.05) is 40.7 Å². The number of pyridine rings is 1. The summed E-state index contributed by atoms with van der Waals surface area (Å²) in [5, 5.41) is 6.33. The number of hydrogen-bond donors (Lipinski definition) is 0. The number of fused-ring (bicyclic) bond motifs is 1. The lowest BCUT2D eigenvalue weighted by Crippen LogP contribution is -2.36. The molecule has 1 atom stereocenters. The van der Waals surface area contributed by atoms with Gasteiger partial charge in [0.25, 0.3) is 5.91 Å². The lowest BCUT2D eigenvalue weighted by atomic mass is 10.2. The predicted molar refractivity (Wildman–Crippen MR) is 93.2 cm³/mol. The molecule has 0 unspecified atom stereocenters. The zero-order valence-corrected chi connectivity index (χ0v) is 14.1. The van der Waals surface area contributed by atoms with Crippen LogP contribution in [0.2, 0.25) is 0 Å². The first-order valence-corrected chi connectivity index (χ1v) is 9.05. The third-order valence-electron chi connectivity index (χ3n) is 4.32. The number of thiophene rings is 1. The van der Waals surface area contributed by atoms with E-state index in [1.54, 1.807) is 22.0 Å². The molecule has 6 heteroatoms. The van der Waals surface area contributed by atoms with Gasteiger partial charge >= 0.3 is 0 Å². The van der Waals surface area contributed by atoms with Crippen LogP contribution in [0, 0.1) is 0 Å². The van der Waals surface area contributed by atoms with E-state index < -0.39 is 0 Å². The number of ether oxygens (including phenoxy) is 1. The molecule has 3 aromatic heterocycles. The molecular formula is C18H19N3O2S. The van der Waals surface area contributed by atoms with Gasteiger partial charge in [0.2, 0.25) is 0 Å². The van der Waals surface area contributed by atoms with Gasteiger partial charge in [-0.1, -0.05) is 12.1 Å². The summed E-state index contributed by atoms with van der Waals surface area (Å²) in [4.78, 5) is 16.2. The molecule has 0 spiro atoms. The summed E-state index contributed by atoms with van der Waals surface area (Å²) in [6, 6.07) is 9.84. The fraction of sp³-hybridized carbons (Fsp3) is 0.333. The summed E-state index contributed by atoms with van der Waals surface area (Å²) >= 11 is 1.67. The van der Waals surface area contributed by atoms with Crippen molar-refractivity contribution in [3.8, 4) is 0 Å². The molecule has 1 saturated heterocycles. The number of amides is 1. The summed E-state index contributed by atoms with van der Waals surface area (Å²) in [5.74, 6) is 0.0140. The number of rotatable bonds is 5. The maximum atomic E-state index is 13.2. The molecule has 4 rings (SSSR count). The van der Waals surface area contributed by atoms with Crippen molar-refractivity contribution >= 4 is 22.8 Å². The van der Waals surface area contributed by atoms with E-state index in [0.29, 0.717) is 18.7 Å². The van der Waals surface area contributed by atoms with E-state index in [-0.39, 0.29) is 12.0 Å². The van der Waals surface area contributed by atoms with Crippen molar-refractivity contribution in [3.63, 3.8) is 0 Å². The van der Waals surface area contributed by atoms with Crippen molar-refractivity contribution in [2.45, 2.75) is 25.5 Å². The molecule has 124 valence electrons. The first kappa shape index (κ1) is 15.4. The topological polar surface area (TPSA) is 46.8 Å². The van der Waals surface area contributed by atoms with Crippen LogP contribution >= 0.6 is 11.3 Å². The van der Waals surface area contributed by atoms with E-state index in [9.17, 15) is 4.79 Å². The molecule has 3 aromatic rings. The van der Waals surface area contributed by atoms with Crippen molar-refractivity contribution in [1.29, 1.82) is 0 Å². The van der Waals surface area contributed by atoms with Gasteiger partial charge in [0.05, 0.1) is 29.9 Å². The molecule has 0 N–H and O–H groups in total. The van der Waals surface area contributed by atoms with E-state index in [4.69, 9.17) is 4.74 Å². The fourth-order valence-corrected chi connectivity index (χ4v) is 3.83. The number of hydrogen-bond acceptors (Lipinski definition) is 4. The smallest absolute Gasteiger partial charge is 0.258 e. The van der Waals surface area contributed by atoms with Crippen LogP contribution in [0.15, 0.2) is 48.1 Å². The van der Waals surface area contributed by atoms with Crippen LogP contribution in [0.1, 0.15) is 28.1 Å². The number of carbonyl (C=O) groups is 1. The molecule has 0 aromatic carbocycles. The highest BCUT2D eigenvalue weighted by Crippen LogP contribution is 2.20. The Hall–Kier alpha value is -2.18. The van der Waals surface area contributed by atoms with Gasteiger partial charge in [0.1, 0.15) is 0 Å². The van der Waals surface area contributed by atoms with Gasteiger partial charge < -0.3 is 9.64 Å². The second-order valence-electron chi connectivity index (χ2n) is 5.99. The Balaban J connectivity index is 1.62. The molecule has 1 amide bonds. The molecule has 1 fully saturated rings. The molecule has 0 saturated carbocycles. The van der Waals surface area contributed by atoms with Crippen molar-refractivity contribution < 1.29 is 9.53 Å². The highest BCUT2D eigenvalue weighted by Gasteiger charge is 2.25. The molecule has 1 aliphatic rings. The van der Waals surface area contributed by atoms with E-state index >= 15 is 0 Å². The van der Waals surface area contributed by atoms with Gasteiger partial charge in [-0.3, -0.25) is 4.79 Å². The molecule has 0 radical (unpaired) electrons. The summed E-state index contributed by atoms with van der Waals surface area (Å²) in [6.07, 6.45) is 5.74. The second kappa shape index (κ2) is 6.75. The SMILES string of the molecule is O=C(c1cnn2ccccc12)N(Cc1cccs1)C[C@@H]1CCCO1. The lowest BCUT2D eigenvalue weighted by Gasteiger charge is -2.24. The summed E-state index contributed by atoms with van der Waals surface area (Å²) in [7, 11) is 0. The summed E-state index contributed by atoms with van der Waals surface area (Å²) in [6.45, 7) is 2.03. The van der Waals surface area contributed by atoms with E-state index in [1.165, 1.54) is 4.88 Å². The van der Waals surface area contributed by atoms with Crippen LogP contribution in [0.5, 0.6) is 0 Å². The monoisotopic (exact) mass is 341 g/mol. The molecule has 24 heavy (non-hydrogen) atoms. The van der Waals surface area contributed by atoms with Crippen molar-refractivity contribution in [3.05, 3.63) is 58.5 Å². The van der Waals surface area contributed by atoms with Gasteiger partial charge in [-0.2, -0.15) is 5.10 Å². The first-order chi connectivity index (χ1) is 11.8. The van der Waals surface area contributed by atoms with Gasteiger partial charge in [-0.05, 0) is 36.4 Å². The maximum Gasteiger partial charge on any atom is 0.258 e. The third kappa shape index (κ3) is 3.07. The average Bonchev–Trinajstić information content (AvgIpc) is 3.35. The lowest BCUT2D eigenvalue weighted by molar-refractivity contribution is 0.0511. The first-order valence-electron chi connectivity index (χ1n) is 8.17. The third-order valence-corrected chi connectivity index (χ3v) is 5.18. The Bertz CT molecular complexity index is 822. The van der Waals surface area contributed by atoms with Crippen LogP contribution in [-0.4, -0.2) is 39.7 Å². The van der Waals surface area contributed by atoms with Crippen LogP contribution < -0.4 is 0 Å². The number of aromatic nitrogens is 2. The highest BCUT2D eigenvalue weighted by molar-refractivity contribution is 7.09. The summed E-state index contributed by atoms with van der Waals surface area (Å²) in [5.41, 5.74) is 1.48. The molecular weight excluding hydrogens is 322 g/mol. The average molecular weight is 341 g/mol. The number of carbonyl (C=O) groups excluding carboxylic acids is 1. The van der Waals surface area contributed by atoms with Gasteiger partial charge in [0.15, 0.2) is 0 Å². The van der Waals surface area contributed by atoms with Gasteiger partial charge in [0, 0.05) is 24.2 Å². The molecule has 5 nitrogen and oxygen atoms in total. The maximum absolute atomic E-state index is 13.2. The van der Waals surface area contributed by atoms with Crippen LogP contribution in [0.25, 0.3) is 5.52 Å². The Morgan fingerprint density at radius 2 is 2.33 bits per heavy atom. The predicted octanol–water partition coefficient (Wildman–Crippen LogP) is 3.22. The van der Waals surface area contributed by atoms with Crippen LogP contribution in [0.3, 0.4) is 0 Å². The van der Waals surface area contributed by atoms with Gasteiger partial charge in [-0.15, -0.1) is 11.3 Å². The Kier molecular flexibility index (Phi) is 4.32. The van der Waals surface area contributed by atoms with E-state index in [0.717, 1.165) is 25.0 Å². The number of nitrogens with zero attached hydrogens (tertiary/aromatic N) is 3. The molecule has 0 bridgehead atoms. The minimum Gasteiger partial charge on any atom is -0.376 e. The molecule has 0 aliphatic carbocycles. The second-order valence-corrected chi connectivity index (χ2v) is 7.02. The van der Waals surface area contributed by atoms with Crippen LogP contribution in [-0.2, 0) is 11.3 Å². The molecule has 1 aliphatic heterocycles. The summed E-state index contributed by atoms with van der Waals surface area (Å²) < 4.78 is 7.49. The van der Waals surface area contributed by atoms with E-state index in [2.05, 4.69) is 11.2 Å². The van der Waals surface area contributed by atoms with Crippen LogP contribution in [0.4, 0.5) is 0 Å². The fourth-order valence-electron chi connectivity index (χ4n) is 3.11. The van der Waals surface area contributed by atoms with Gasteiger partial charge in [-0.25, -0.2) is 4.52 Å². The Labute approximate surface area is 144 Å². The zero-order chi connectivity index (χ0) is 16.4. The van der Waals surface area contributed by atoms with Crippen molar-refractivity contribution in [2.75, 3.05) is 13.2 Å². The normalized spacial score (nSPS) is 17.4. The standard InChI is InChI=1S/C18H19N3O2S/c22-18(16-11-19-21-8-2-1-7-17(16)21)20(12-14-5-3-9-23-14)13-15-6-4-10-24-15/h1-2,4,6-8,10-11,14H,3,5,9,12-13H2/t14-/m0/s1. The zero-order valence-electron chi connectivity index (χ0n) is 13.3. The minimum absolute atomic E-state index is 0.0140. The highest BCUT2D eigenvalue weighted by atomic mass is 32.1. The van der Waals surface area contributed by atoms with Crippen molar-refractivity contribution in [1.82, 2.24) is 14.5 Å². The van der Waals surface area contributed by atoms with Crippen molar-refractivity contribution in [2.24, 2.45) is 0 Å².